The molecule has 0 unspecified atom stereocenters. The van der Waals surface area contributed by atoms with Crippen molar-refractivity contribution in [2.24, 2.45) is 0 Å². The molecular formula is C13H14F3IN2O. The first kappa shape index (κ1) is 15.6. The highest BCUT2D eigenvalue weighted by atomic mass is 127. The molecular weight excluding hydrogens is 384 g/mol. The summed E-state index contributed by atoms with van der Waals surface area (Å²) < 4.78 is 38.6. The molecule has 1 saturated heterocycles. The molecule has 0 radical (unpaired) electrons. The van der Waals surface area contributed by atoms with Crippen molar-refractivity contribution in [2.45, 2.75) is 12.2 Å². The molecule has 20 heavy (non-hydrogen) atoms. The number of hydrogen-bond donors (Lipinski definition) is 0. The molecule has 1 heterocycles. The maximum atomic E-state index is 12.7. The summed E-state index contributed by atoms with van der Waals surface area (Å²) in [6.45, 7) is 1.11. The summed E-state index contributed by atoms with van der Waals surface area (Å²) in [5.41, 5.74) is -0.663. The SMILES string of the molecule is CN(C)C1CN(C(=O)c2cc(C(F)(F)F)ccc2I)C1. The molecule has 0 aliphatic carbocycles. The molecule has 110 valence electrons. The maximum Gasteiger partial charge on any atom is 0.416 e. The van der Waals surface area contributed by atoms with Crippen molar-refractivity contribution in [1.82, 2.24) is 9.80 Å². The van der Waals surface area contributed by atoms with E-state index in [0.29, 0.717) is 16.7 Å². The Bertz CT molecular complexity index is 525. The lowest BCUT2D eigenvalue weighted by Gasteiger charge is -2.42. The summed E-state index contributed by atoms with van der Waals surface area (Å²) in [6.07, 6.45) is -4.43. The molecule has 1 aliphatic rings. The van der Waals surface area contributed by atoms with Crippen LogP contribution in [-0.4, -0.2) is 48.9 Å². The van der Waals surface area contributed by atoms with Gasteiger partial charge in [-0.2, -0.15) is 13.2 Å². The zero-order valence-corrected chi connectivity index (χ0v) is 13.2. The zero-order chi connectivity index (χ0) is 15.1. The molecule has 0 bridgehead atoms. The maximum absolute atomic E-state index is 12.7. The van der Waals surface area contributed by atoms with Gasteiger partial charge < -0.3 is 9.80 Å². The number of carbonyl (C=O) groups is 1. The fourth-order valence-corrected chi connectivity index (χ4v) is 2.55. The minimum Gasteiger partial charge on any atom is -0.335 e. The molecule has 0 N–H and O–H groups in total. The topological polar surface area (TPSA) is 23.6 Å². The van der Waals surface area contributed by atoms with Gasteiger partial charge in [0, 0.05) is 22.7 Å². The van der Waals surface area contributed by atoms with E-state index in [2.05, 4.69) is 0 Å². The molecule has 0 atom stereocenters. The van der Waals surface area contributed by atoms with Gasteiger partial charge in [0.1, 0.15) is 0 Å². The van der Waals surface area contributed by atoms with Gasteiger partial charge in [-0.05, 0) is 54.9 Å². The van der Waals surface area contributed by atoms with Gasteiger partial charge in [0.2, 0.25) is 0 Å². The van der Waals surface area contributed by atoms with Crippen molar-refractivity contribution in [2.75, 3.05) is 27.2 Å². The highest BCUT2D eigenvalue weighted by Crippen LogP contribution is 2.31. The number of benzene rings is 1. The van der Waals surface area contributed by atoms with Crippen molar-refractivity contribution in [3.05, 3.63) is 32.9 Å². The summed E-state index contributed by atoms with van der Waals surface area (Å²) in [4.78, 5) is 15.8. The fourth-order valence-electron chi connectivity index (χ4n) is 1.98. The average Bonchev–Trinajstić information content (AvgIpc) is 2.24. The number of likely N-dealkylation sites (tertiary alicyclic amines) is 1. The second kappa shape index (κ2) is 5.51. The molecule has 3 nitrogen and oxygen atoms in total. The predicted octanol–water partition coefficient (Wildman–Crippen LogP) is 2.70. The van der Waals surface area contributed by atoms with Crippen LogP contribution in [-0.2, 0) is 6.18 Å². The van der Waals surface area contributed by atoms with Gasteiger partial charge in [-0.15, -0.1) is 0 Å². The molecule has 1 fully saturated rings. The number of hydrogen-bond acceptors (Lipinski definition) is 2. The fraction of sp³-hybridized carbons (Fsp3) is 0.462. The van der Waals surface area contributed by atoms with E-state index in [1.54, 1.807) is 4.90 Å². The molecule has 1 aromatic carbocycles. The number of nitrogens with zero attached hydrogens (tertiary/aromatic N) is 2. The van der Waals surface area contributed by atoms with Crippen molar-refractivity contribution >= 4 is 28.5 Å². The predicted molar refractivity (Wildman–Crippen MR) is 77.5 cm³/mol. The van der Waals surface area contributed by atoms with Crippen LogP contribution in [0.3, 0.4) is 0 Å². The number of carbonyl (C=O) groups excluding carboxylic acids is 1. The van der Waals surface area contributed by atoms with Gasteiger partial charge in [0.15, 0.2) is 0 Å². The van der Waals surface area contributed by atoms with Gasteiger partial charge in [-0.1, -0.05) is 0 Å². The molecule has 1 aromatic rings. The van der Waals surface area contributed by atoms with Gasteiger partial charge in [0.25, 0.3) is 5.91 Å². The van der Waals surface area contributed by atoms with Crippen molar-refractivity contribution in [3.63, 3.8) is 0 Å². The average molecular weight is 398 g/mol. The van der Waals surface area contributed by atoms with Crippen LogP contribution in [0.5, 0.6) is 0 Å². The quantitative estimate of drug-likeness (QED) is 0.716. The van der Waals surface area contributed by atoms with E-state index >= 15 is 0 Å². The lowest BCUT2D eigenvalue weighted by molar-refractivity contribution is -0.137. The first-order valence-corrected chi connectivity index (χ1v) is 7.10. The lowest BCUT2D eigenvalue weighted by atomic mass is 10.0. The molecule has 0 spiro atoms. The highest BCUT2D eigenvalue weighted by molar-refractivity contribution is 14.1. The van der Waals surface area contributed by atoms with Gasteiger partial charge >= 0.3 is 6.18 Å². The van der Waals surface area contributed by atoms with Crippen LogP contribution in [0, 0.1) is 3.57 Å². The third-order valence-corrected chi connectivity index (χ3v) is 4.34. The Morgan fingerprint density at radius 3 is 2.45 bits per heavy atom. The number of alkyl halides is 3. The molecule has 1 aliphatic heterocycles. The molecule has 1 amide bonds. The Labute approximate surface area is 128 Å². The van der Waals surface area contributed by atoms with Crippen LogP contribution in [0.1, 0.15) is 15.9 Å². The van der Waals surface area contributed by atoms with Gasteiger partial charge in [-0.3, -0.25) is 4.79 Å². The summed E-state index contributed by atoms with van der Waals surface area (Å²) >= 11 is 1.89. The molecule has 0 saturated carbocycles. The van der Waals surface area contributed by atoms with E-state index in [1.165, 1.54) is 6.07 Å². The molecule has 0 aromatic heterocycles. The highest BCUT2D eigenvalue weighted by Gasteiger charge is 2.35. The third-order valence-electron chi connectivity index (χ3n) is 3.40. The van der Waals surface area contributed by atoms with Crippen LogP contribution in [0.25, 0.3) is 0 Å². The summed E-state index contributed by atoms with van der Waals surface area (Å²) in [7, 11) is 3.83. The lowest BCUT2D eigenvalue weighted by Crippen LogP contribution is -2.59. The van der Waals surface area contributed by atoms with E-state index in [9.17, 15) is 18.0 Å². The third kappa shape index (κ3) is 3.08. The molecule has 2 rings (SSSR count). The van der Waals surface area contributed by atoms with E-state index in [1.807, 2.05) is 41.6 Å². The second-order valence-corrected chi connectivity index (χ2v) is 6.18. The first-order chi connectivity index (χ1) is 9.20. The second-order valence-electron chi connectivity index (χ2n) is 5.02. The number of halogens is 4. The largest absolute Gasteiger partial charge is 0.416 e. The van der Waals surface area contributed by atoms with E-state index in [4.69, 9.17) is 0 Å². The van der Waals surface area contributed by atoms with Crippen molar-refractivity contribution < 1.29 is 18.0 Å². The van der Waals surface area contributed by atoms with Crippen LogP contribution in [0.15, 0.2) is 18.2 Å². The Morgan fingerprint density at radius 1 is 1.35 bits per heavy atom. The van der Waals surface area contributed by atoms with Gasteiger partial charge in [-0.25, -0.2) is 0 Å². The van der Waals surface area contributed by atoms with E-state index in [0.717, 1.165) is 12.1 Å². The normalized spacial score (nSPS) is 16.4. The minimum atomic E-state index is -4.43. The summed E-state index contributed by atoms with van der Waals surface area (Å²) in [5.74, 6) is -0.335. The Morgan fingerprint density at radius 2 is 1.95 bits per heavy atom. The monoisotopic (exact) mass is 398 g/mol. The van der Waals surface area contributed by atoms with E-state index in [-0.39, 0.29) is 17.5 Å². The molecule has 7 heteroatoms. The van der Waals surface area contributed by atoms with Crippen LogP contribution in [0.2, 0.25) is 0 Å². The van der Waals surface area contributed by atoms with Crippen molar-refractivity contribution in [3.8, 4) is 0 Å². The first-order valence-electron chi connectivity index (χ1n) is 6.02. The number of amides is 1. The number of likely N-dealkylation sites (N-methyl/N-ethyl adjacent to an activating group) is 1. The standard InChI is InChI=1S/C13H14F3IN2O/c1-18(2)9-6-19(7-9)12(20)10-5-8(13(14,15)16)3-4-11(10)17/h3-5,9H,6-7H2,1-2H3. The van der Waals surface area contributed by atoms with E-state index < -0.39 is 11.7 Å². The van der Waals surface area contributed by atoms with Crippen LogP contribution in [0.4, 0.5) is 13.2 Å². The van der Waals surface area contributed by atoms with Crippen LogP contribution >= 0.6 is 22.6 Å². The minimum absolute atomic E-state index is 0.123. The zero-order valence-electron chi connectivity index (χ0n) is 11.0. The summed E-state index contributed by atoms with van der Waals surface area (Å²) in [5, 5.41) is 0. The Kier molecular flexibility index (Phi) is 4.29. The Hall–Kier alpha value is -0.830. The number of rotatable bonds is 2. The summed E-state index contributed by atoms with van der Waals surface area (Å²) in [6, 6.07) is 3.55. The Balaban J connectivity index is 2.19. The van der Waals surface area contributed by atoms with Gasteiger partial charge in [0.05, 0.1) is 11.1 Å². The van der Waals surface area contributed by atoms with Crippen molar-refractivity contribution in [1.29, 1.82) is 0 Å². The smallest absolute Gasteiger partial charge is 0.335 e. The van der Waals surface area contributed by atoms with Crippen LogP contribution < -0.4 is 0 Å².